The number of ether oxygens (including phenoxy) is 1. The van der Waals surface area contributed by atoms with Crippen LogP contribution in [-0.2, 0) is 6.18 Å². The molecule has 166 valence electrons. The molecule has 0 radical (unpaired) electrons. The van der Waals surface area contributed by atoms with Gasteiger partial charge in [-0.3, -0.25) is 0 Å². The van der Waals surface area contributed by atoms with Crippen molar-refractivity contribution in [1.82, 2.24) is 10.1 Å². The van der Waals surface area contributed by atoms with Crippen molar-refractivity contribution in [2.75, 3.05) is 6.61 Å². The highest BCUT2D eigenvalue weighted by Crippen LogP contribution is 2.38. The largest absolute Gasteiger partial charge is 0.489 e. The average molecular weight is 425 g/mol. The van der Waals surface area contributed by atoms with Gasteiger partial charge in [-0.05, 0) is 37.5 Å². The zero-order chi connectivity index (χ0) is 22.0. The zero-order valence-electron chi connectivity index (χ0n) is 18.0. The number of nitrogens with zero attached hydrogens (tertiary/aromatic N) is 2. The summed E-state index contributed by atoms with van der Waals surface area (Å²) in [5, 5.41) is 3.87. The van der Waals surface area contributed by atoms with Crippen molar-refractivity contribution in [3.8, 4) is 17.1 Å². The SMILES string of the molecule is CCCCC/C=C/COc1ccc(-c2noc([C@@H](C)CCCC)n2)cc1C(F)(F)F. The quantitative estimate of drug-likeness (QED) is 0.260. The molecule has 0 saturated heterocycles. The van der Waals surface area contributed by atoms with Crippen molar-refractivity contribution in [3.63, 3.8) is 0 Å². The molecule has 1 aromatic carbocycles. The fourth-order valence-electron chi connectivity index (χ4n) is 3.04. The minimum absolute atomic E-state index is 0.0695. The molecule has 0 N–H and O–H groups in total. The van der Waals surface area contributed by atoms with Gasteiger partial charge in [0, 0.05) is 11.5 Å². The Balaban J connectivity index is 2.12. The van der Waals surface area contributed by atoms with E-state index in [4.69, 9.17) is 9.26 Å². The molecule has 0 spiro atoms. The van der Waals surface area contributed by atoms with E-state index in [-0.39, 0.29) is 29.7 Å². The maximum atomic E-state index is 13.6. The molecule has 0 fully saturated rings. The van der Waals surface area contributed by atoms with Gasteiger partial charge in [0.05, 0.1) is 5.56 Å². The Bertz CT molecular complexity index is 800. The van der Waals surface area contributed by atoms with Gasteiger partial charge in [0.15, 0.2) is 0 Å². The third-order valence-electron chi connectivity index (χ3n) is 4.87. The Morgan fingerprint density at radius 1 is 1.10 bits per heavy atom. The number of rotatable bonds is 12. The molecule has 0 unspecified atom stereocenters. The second kappa shape index (κ2) is 11.8. The van der Waals surface area contributed by atoms with E-state index in [0.29, 0.717) is 5.89 Å². The third kappa shape index (κ3) is 7.18. The minimum Gasteiger partial charge on any atom is -0.489 e. The highest BCUT2D eigenvalue weighted by Gasteiger charge is 2.35. The van der Waals surface area contributed by atoms with Gasteiger partial charge in [-0.1, -0.05) is 63.8 Å². The van der Waals surface area contributed by atoms with Crippen LogP contribution in [0.4, 0.5) is 13.2 Å². The maximum Gasteiger partial charge on any atom is 0.419 e. The molecule has 30 heavy (non-hydrogen) atoms. The summed E-state index contributed by atoms with van der Waals surface area (Å²) in [6.45, 7) is 6.28. The average Bonchev–Trinajstić information content (AvgIpc) is 3.21. The molecule has 0 aliphatic carbocycles. The van der Waals surface area contributed by atoms with E-state index in [2.05, 4.69) is 24.0 Å². The lowest BCUT2D eigenvalue weighted by molar-refractivity contribution is -0.138. The Morgan fingerprint density at radius 2 is 1.87 bits per heavy atom. The van der Waals surface area contributed by atoms with Crippen LogP contribution in [0.3, 0.4) is 0 Å². The first-order chi connectivity index (χ1) is 14.4. The van der Waals surface area contributed by atoms with E-state index < -0.39 is 11.7 Å². The summed E-state index contributed by atoms with van der Waals surface area (Å²) in [7, 11) is 0. The molecule has 1 atom stereocenters. The minimum atomic E-state index is -4.54. The van der Waals surface area contributed by atoms with Gasteiger partial charge in [0.1, 0.15) is 12.4 Å². The molecule has 0 saturated carbocycles. The normalized spacial score (nSPS) is 13.1. The summed E-state index contributed by atoms with van der Waals surface area (Å²) in [6.07, 6.45) is 6.36. The van der Waals surface area contributed by atoms with E-state index in [1.54, 1.807) is 6.08 Å². The molecule has 2 rings (SSSR count). The molecule has 1 aromatic heterocycles. The van der Waals surface area contributed by atoms with Crippen molar-refractivity contribution < 1.29 is 22.4 Å². The van der Waals surface area contributed by atoms with Crippen molar-refractivity contribution in [2.24, 2.45) is 0 Å². The van der Waals surface area contributed by atoms with Crippen molar-refractivity contribution in [2.45, 2.75) is 77.8 Å². The first-order valence-corrected chi connectivity index (χ1v) is 10.7. The standard InChI is InChI=1S/C23H31F3N2O2/c1-4-6-8-9-10-11-15-29-20-14-13-18(16-19(20)23(24,25)26)21-27-22(30-28-21)17(3)12-7-5-2/h10-11,13-14,16-17H,4-9,12,15H2,1-3H3/b11-10+/t17-/m0/s1. The van der Waals surface area contributed by atoms with Crippen LogP contribution in [-0.4, -0.2) is 16.7 Å². The highest BCUT2D eigenvalue weighted by molar-refractivity contribution is 5.59. The van der Waals surface area contributed by atoms with Crippen LogP contribution < -0.4 is 4.74 Å². The number of aromatic nitrogens is 2. The molecule has 2 aromatic rings. The van der Waals surface area contributed by atoms with Crippen molar-refractivity contribution >= 4 is 0 Å². The van der Waals surface area contributed by atoms with Crippen LogP contribution in [0.1, 0.15) is 83.1 Å². The van der Waals surface area contributed by atoms with E-state index in [1.165, 1.54) is 12.1 Å². The molecular formula is C23H31F3N2O2. The van der Waals surface area contributed by atoms with Gasteiger partial charge >= 0.3 is 6.18 Å². The number of hydrogen-bond donors (Lipinski definition) is 0. The monoisotopic (exact) mass is 424 g/mol. The van der Waals surface area contributed by atoms with Gasteiger partial charge in [-0.2, -0.15) is 18.2 Å². The summed E-state index contributed by atoms with van der Waals surface area (Å²) in [5.41, 5.74) is -0.591. The smallest absolute Gasteiger partial charge is 0.419 e. The molecule has 1 heterocycles. The highest BCUT2D eigenvalue weighted by atomic mass is 19.4. The summed E-state index contributed by atoms with van der Waals surface area (Å²) in [6, 6.07) is 3.87. The van der Waals surface area contributed by atoms with E-state index in [1.807, 2.05) is 13.0 Å². The Kier molecular flexibility index (Phi) is 9.40. The number of benzene rings is 1. The van der Waals surface area contributed by atoms with Crippen LogP contribution in [0.2, 0.25) is 0 Å². The lowest BCUT2D eigenvalue weighted by atomic mass is 10.0. The lowest BCUT2D eigenvalue weighted by Gasteiger charge is -2.14. The predicted octanol–water partition coefficient (Wildman–Crippen LogP) is 7.56. The summed E-state index contributed by atoms with van der Waals surface area (Å²) < 4.78 is 51.4. The summed E-state index contributed by atoms with van der Waals surface area (Å²) >= 11 is 0. The fraction of sp³-hybridized carbons (Fsp3) is 0.565. The molecule has 0 amide bonds. The van der Waals surface area contributed by atoms with Crippen LogP contribution in [0.25, 0.3) is 11.4 Å². The number of alkyl halides is 3. The lowest BCUT2D eigenvalue weighted by Crippen LogP contribution is -2.09. The Labute approximate surface area is 176 Å². The number of allylic oxidation sites excluding steroid dienone is 1. The van der Waals surface area contributed by atoms with Crippen LogP contribution in [0.15, 0.2) is 34.9 Å². The van der Waals surface area contributed by atoms with Gasteiger partial charge < -0.3 is 9.26 Å². The molecule has 0 aliphatic rings. The number of unbranched alkanes of at least 4 members (excludes halogenated alkanes) is 4. The van der Waals surface area contributed by atoms with Crippen LogP contribution in [0, 0.1) is 0 Å². The Morgan fingerprint density at radius 3 is 2.57 bits per heavy atom. The van der Waals surface area contributed by atoms with E-state index in [9.17, 15) is 13.2 Å². The topological polar surface area (TPSA) is 48.2 Å². The van der Waals surface area contributed by atoms with Gasteiger partial charge in [0.25, 0.3) is 0 Å². The second-order valence-electron chi connectivity index (χ2n) is 7.49. The predicted molar refractivity (Wildman–Crippen MR) is 111 cm³/mol. The van der Waals surface area contributed by atoms with Crippen molar-refractivity contribution in [3.05, 3.63) is 41.8 Å². The number of hydrogen-bond acceptors (Lipinski definition) is 4. The first-order valence-electron chi connectivity index (χ1n) is 10.7. The summed E-state index contributed by atoms with van der Waals surface area (Å²) in [4.78, 5) is 4.30. The molecule has 0 bridgehead atoms. The van der Waals surface area contributed by atoms with Crippen LogP contribution in [0.5, 0.6) is 5.75 Å². The van der Waals surface area contributed by atoms with Crippen molar-refractivity contribution in [1.29, 1.82) is 0 Å². The fourth-order valence-corrected chi connectivity index (χ4v) is 3.04. The van der Waals surface area contributed by atoms with E-state index >= 15 is 0 Å². The van der Waals surface area contributed by atoms with Gasteiger partial charge in [0.2, 0.25) is 11.7 Å². The van der Waals surface area contributed by atoms with Gasteiger partial charge in [-0.15, -0.1) is 0 Å². The maximum absolute atomic E-state index is 13.6. The first kappa shape index (κ1) is 24.0. The molecular weight excluding hydrogens is 393 g/mol. The molecule has 0 aliphatic heterocycles. The molecule has 4 nitrogen and oxygen atoms in total. The number of halogens is 3. The van der Waals surface area contributed by atoms with Gasteiger partial charge in [-0.25, -0.2) is 0 Å². The third-order valence-corrected chi connectivity index (χ3v) is 4.87. The molecule has 7 heteroatoms. The second-order valence-corrected chi connectivity index (χ2v) is 7.49. The Hall–Kier alpha value is -2.31. The zero-order valence-corrected chi connectivity index (χ0v) is 18.0. The van der Waals surface area contributed by atoms with Crippen LogP contribution >= 0.6 is 0 Å². The van der Waals surface area contributed by atoms with E-state index in [0.717, 1.165) is 51.0 Å². The summed E-state index contributed by atoms with van der Waals surface area (Å²) in [5.74, 6) is 0.464.